The predicted octanol–water partition coefficient (Wildman–Crippen LogP) is 5.13. The predicted molar refractivity (Wildman–Crippen MR) is 136 cm³/mol. The molecule has 5 nitrogen and oxygen atoms in total. The Labute approximate surface area is 200 Å². The van der Waals surface area contributed by atoms with Crippen molar-refractivity contribution in [2.75, 3.05) is 13.1 Å². The molecule has 1 unspecified atom stereocenters. The summed E-state index contributed by atoms with van der Waals surface area (Å²) < 4.78 is 0. The number of rotatable bonds is 10. The molecular weight excluding hydrogens is 422 g/mol. The Morgan fingerprint density at radius 1 is 0.971 bits per heavy atom. The number of aromatic hydroxyl groups is 1. The highest BCUT2D eigenvalue weighted by Crippen LogP contribution is 2.49. The Balaban J connectivity index is 1.09. The summed E-state index contributed by atoms with van der Waals surface area (Å²) in [6, 6.07) is 23.9. The number of phenols is 1. The molecule has 4 aromatic rings. The lowest BCUT2D eigenvalue weighted by Gasteiger charge is -2.11. The minimum absolute atomic E-state index is 0.00532. The number of aromatic nitrogens is 1. The van der Waals surface area contributed by atoms with Gasteiger partial charge in [0.15, 0.2) is 0 Å². The van der Waals surface area contributed by atoms with Crippen LogP contribution in [0.3, 0.4) is 0 Å². The fourth-order valence-corrected chi connectivity index (χ4v) is 4.86. The molecule has 2 atom stereocenters. The minimum Gasteiger partial charge on any atom is -0.508 e. The lowest BCUT2D eigenvalue weighted by molar-refractivity contribution is 0.0951. The summed E-state index contributed by atoms with van der Waals surface area (Å²) in [7, 11) is 0. The van der Waals surface area contributed by atoms with Gasteiger partial charge in [-0.25, -0.2) is 0 Å². The smallest absolute Gasteiger partial charge is 0.251 e. The van der Waals surface area contributed by atoms with Crippen LogP contribution in [0.4, 0.5) is 0 Å². The second-order valence-corrected chi connectivity index (χ2v) is 9.19. The summed E-state index contributed by atoms with van der Waals surface area (Å²) in [5.41, 5.74) is 5.33. The van der Waals surface area contributed by atoms with Gasteiger partial charge >= 0.3 is 0 Å². The molecule has 1 aliphatic carbocycles. The first kappa shape index (κ1) is 22.2. The van der Waals surface area contributed by atoms with Crippen molar-refractivity contribution in [3.8, 4) is 5.75 Å². The SMILES string of the molecule is O=C(NCCC1C[C@@H]1c1ccccc1)c1ccccc1CNCCc1c[nH]c2cc(O)ccc12. The fourth-order valence-electron chi connectivity index (χ4n) is 4.86. The van der Waals surface area contributed by atoms with E-state index in [2.05, 4.69) is 45.9 Å². The maximum absolute atomic E-state index is 12.8. The van der Waals surface area contributed by atoms with Crippen LogP contribution in [0.2, 0.25) is 0 Å². The third-order valence-corrected chi connectivity index (χ3v) is 6.85. The molecule has 174 valence electrons. The van der Waals surface area contributed by atoms with Crippen LogP contribution in [0.1, 0.15) is 45.8 Å². The van der Waals surface area contributed by atoms with E-state index >= 15 is 0 Å². The van der Waals surface area contributed by atoms with Crippen LogP contribution < -0.4 is 10.6 Å². The van der Waals surface area contributed by atoms with Gasteiger partial charge in [-0.3, -0.25) is 4.79 Å². The van der Waals surface area contributed by atoms with Gasteiger partial charge in [0.25, 0.3) is 5.91 Å². The van der Waals surface area contributed by atoms with Crippen LogP contribution in [0, 0.1) is 5.92 Å². The highest BCUT2D eigenvalue weighted by molar-refractivity contribution is 5.95. The fraction of sp³-hybridized carbons (Fsp3) is 0.276. The van der Waals surface area contributed by atoms with E-state index in [4.69, 9.17) is 0 Å². The number of benzene rings is 3. The van der Waals surface area contributed by atoms with Gasteiger partial charge in [0.1, 0.15) is 5.75 Å². The lowest BCUT2D eigenvalue weighted by Crippen LogP contribution is -2.27. The van der Waals surface area contributed by atoms with E-state index < -0.39 is 0 Å². The Kier molecular flexibility index (Phi) is 6.63. The number of amides is 1. The number of hydrogen-bond donors (Lipinski definition) is 4. The highest BCUT2D eigenvalue weighted by atomic mass is 16.3. The molecule has 1 saturated carbocycles. The zero-order chi connectivity index (χ0) is 23.3. The van der Waals surface area contributed by atoms with E-state index in [9.17, 15) is 9.90 Å². The second-order valence-electron chi connectivity index (χ2n) is 9.19. The molecule has 0 radical (unpaired) electrons. The van der Waals surface area contributed by atoms with Crippen LogP contribution in [0.25, 0.3) is 10.9 Å². The van der Waals surface area contributed by atoms with Gasteiger partial charge in [-0.2, -0.15) is 0 Å². The zero-order valence-electron chi connectivity index (χ0n) is 19.3. The summed E-state index contributed by atoms with van der Waals surface area (Å²) in [5.74, 6) is 1.60. The molecule has 1 heterocycles. The van der Waals surface area contributed by atoms with Crippen molar-refractivity contribution in [2.45, 2.75) is 31.7 Å². The van der Waals surface area contributed by atoms with Gasteiger partial charge in [0.2, 0.25) is 0 Å². The third kappa shape index (κ3) is 5.15. The van der Waals surface area contributed by atoms with E-state index in [-0.39, 0.29) is 11.7 Å². The summed E-state index contributed by atoms with van der Waals surface area (Å²) >= 11 is 0. The molecule has 1 fully saturated rings. The van der Waals surface area contributed by atoms with Gasteiger partial charge in [-0.15, -0.1) is 0 Å². The molecule has 1 aromatic heterocycles. The highest BCUT2D eigenvalue weighted by Gasteiger charge is 2.37. The Hall–Kier alpha value is -3.57. The first-order valence-electron chi connectivity index (χ1n) is 12.1. The number of phenolic OH excluding ortho intramolecular Hbond substituents is 1. The van der Waals surface area contributed by atoms with Crippen LogP contribution in [-0.2, 0) is 13.0 Å². The quantitative estimate of drug-likeness (QED) is 0.252. The first-order chi connectivity index (χ1) is 16.7. The average molecular weight is 454 g/mol. The molecule has 0 aliphatic heterocycles. The first-order valence-corrected chi connectivity index (χ1v) is 12.1. The number of fused-ring (bicyclic) bond motifs is 1. The van der Waals surface area contributed by atoms with E-state index in [1.54, 1.807) is 12.1 Å². The van der Waals surface area contributed by atoms with E-state index in [1.165, 1.54) is 17.5 Å². The molecule has 1 amide bonds. The van der Waals surface area contributed by atoms with Gasteiger partial charge in [0, 0.05) is 41.8 Å². The van der Waals surface area contributed by atoms with Gasteiger partial charge in [-0.05, 0) is 72.5 Å². The number of carbonyl (C=O) groups is 1. The van der Waals surface area contributed by atoms with Crippen molar-refractivity contribution in [3.63, 3.8) is 0 Å². The maximum Gasteiger partial charge on any atom is 0.251 e. The molecule has 5 heteroatoms. The molecule has 0 saturated heterocycles. The number of hydrogen-bond acceptors (Lipinski definition) is 3. The van der Waals surface area contributed by atoms with Gasteiger partial charge in [-0.1, -0.05) is 48.5 Å². The Morgan fingerprint density at radius 2 is 1.79 bits per heavy atom. The third-order valence-electron chi connectivity index (χ3n) is 6.85. The van der Waals surface area contributed by atoms with E-state index in [1.807, 2.05) is 36.5 Å². The van der Waals surface area contributed by atoms with Crippen molar-refractivity contribution in [2.24, 2.45) is 5.92 Å². The lowest BCUT2D eigenvalue weighted by atomic mass is 10.1. The molecular formula is C29H31N3O2. The average Bonchev–Trinajstić information content (AvgIpc) is 3.53. The van der Waals surface area contributed by atoms with Gasteiger partial charge < -0.3 is 20.7 Å². The van der Waals surface area contributed by atoms with Crippen LogP contribution in [0.5, 0.6) is 5.75 Å². The summed E-state index contributed by atoms with van der Waals surface area (Å²) in [5, 5.41) is 17.4. The van der Waals surface area contributed by atoms with Crippen molar-refractivity contribution in [1.82, 2.24) is 15.6 Å². The molecule has 4 N–H and O–H groups in total. The van der Waals surface area contributed by atoms with E-state index in [0.29, 0.717) is 24.9 Å². The molecule has 0 bridgehead atoms. The van der Waals surface area contributed by atoms with Crippen LogP contribution in [-0.4, -0.2) is 29.1 Å². The maximum atomic E-state index is 12.8. The van der Waals surface area contributed by atoms with E-state index in [0.717, 1.165) is 41.4 Å². The summed E-state index contributed by atoms with van der Waals surface area (Å²) in [6.07, 6.45) is 5.10. The zero-order valence-corrected chi connectivity index (χ0v) is 19.3. The number of aromatic amines is 1. The molecule has 0 spiro atoms. The van der Waals surface area contributed by atoms with Gasteiger partial charge in [0.05, 0.1) is 0 Å². The molecule has 3 aromatic carbocycles. The van der Waals surface area contributed by atoms with Crippen molar-refractivity contribution in [3.05, 3.63) is 101 Å². The summed E-state index contributed by atoms with van der Waals surface area (Å²) in [6.45, 7) is 2.16. The van der Waals surface area contributed by atoms with Crippen molar-refractivity contribution >= 4 is 16.8 Å². The topological polar surface area (TPSA) is 77.2 Å². The minimum atomic E-state index is 0.00532. The van der Waals surface area contributed by atoms with Crippen LogP contribution in [0.15, 0.2) is 79.0 Å². The van der Waals surface area contributed by atoms with Crippen molar-refractivity contribution in [1.29, 1.82) is 0 Å². The Bertz CT molecular complexity index is 1260. The van der Waals surface area contributed by atoms with Crippen molar-refractivity contribution < 1.29 is 9.90 Å². The number of carbonyl (C=O) groups excluding carboxylic acids is 1. The molecule has 1 aliphatic rings. The summed E-state index contributed by atoms with van der Waals surface area (Å²) in [4.78, 5) is 16.1. The van der Waals surface area contributed by atoms with Crippen LogP contribution >= 0.6 is 0 Å². The molecule has 5 rings (SSSR count). The number of nitrogens with one attached hydrogen (secondary N) is 3. The Morgan fingerprint density at radius 3 is 2.68 bits per heavy atom. The largest absolute Gasteiger partial charge is 0.508 e. The monoisotopic (exact) mass is 453 g/mol. The normalized spacial score (nSPS) is 17.1. The molecule has 34 heavy (non-hydrogen) atoms. The number of H-pyrrole nitrogens is 1. The standard InChI is InChI=1S/C29H31N3O2/c33-24-10-11-25-23(19-32-28(25)17-24)12-14-30-18-22-8-4-5-9-26(22)29(34)31-15-13-21-16-27(21)20-6-2-1-3-7-20/h1-11,17,19,21,27,30,32-33H,12-16,18H2,(H,31,34)/t21?,27-/m1/s1. The second kappa shape index (κ2) is 10.1.